The molecule has 0 aromatic heterocycles. The second-order valence-electron chi connectivity index (χ2n) is 6.17. The highest BCUT2D eigenvalue weighted by molar-refractivity contribution is 4.79. The van der Waals surface area contributed by atoms with Gasteiger partial charge in [-0.3, -0.25) is 0 Å². The summed E-state index contributed by atoms with van der Waals surface area (Å²) in [6, 6.07) is 0. The van der Waals surface area contributed by atoms with Crippen molar-refractivity contribution in [1.82, 2.24) is 0 Å². The Hall–Kier alpha value is 0. The molecular formula is C15H32. The van der Waals surface area contributed by atoms with Crippen molar-refractivity contribution in [2.45, 2.75) is 61.8 Å². The summed E-state index contributed by atoms with van der Waals surface area (Å²) in [5, 5.41) is 0. The molecule has 0 aliphatic rings. The highest BCUT2D eigenvalue weighted by Gasteiger charge is 2.30. The van der Waals surface area contributed by atoms with E-state index in [1.165, 1.54) is 6.42 Å². The van der Waals surface area contributed by atoms with Crippen LogP contribution in [-0.2, 0) is 0 Å². The van der Waals surface area contributed by atoms with Gasteiger partial charge in [0.25, 0.3) is 0 Å². The summed E-state index contributed by atoms with van der Waals surface area (Å²) in [7, 11) is 0. The molecule has 0 aliphatic carbocycles. The predicted molar refractivity (Wildman–Crippen MR) is 70.9 cm³/mol. The lowest BCUT2D eigenvalue weighted by molar-refractivity contribution is 0.108. The lowest BCUT2D eigenvalue weighted by Gasteiger charge is -2.38. The van der Waals surface area contributed by atoms with Crippen molar-refractivity contribution in [1.29, 1.82) is 0 Å². The largest absolute Gasteiger partial charge is 0.0651 e. The molecule has 0 radical (unpaired) electrons. The van der Waals surface area contributed by atoms with Crippen LogP contribution in [0.3, 0.4) is 0 Å². The van der Waals surface area contributed by atoms with Crippen molar-refractivity contribution in [3.63, 3.8) is 0 Å². The quantitative estimate of drug-likeness (QED) is 0.565. The zero-order valence-corrected chi connectivity index (χ0v) is 12.2. The molecule has 0 bridgehead atoms. The lowest BCUT2D eigenvalue weighted by atomic mass is 9.67. The van der Waals surface area contributed by atoms with Gasteiger partial charge in [-0.25, -0.2) is 0 Å². The van der Waals surface area contributed by atoms with E-state index < -0.39 is 0 Å². The van der Waals surface area contributed by atoms with Gasteiger partial charge in [0.05, 0.1) is 0 Å². The molecule has 0 aromatic carbocycles. The molecule has 0 amide bonds. The third-order valence-electron chi connectivity index (χ3n) is 4.62. The van der Waals surface area contributed by atoms with Crippen molar-refractivity contribution < 1.29 is 0 Å². The zero-order valence-electron chi connectivity index (χ0n) is 12.2. The molecule has 0 spiro atoms. The maximum atomic E-state index is 2.44. The van der Waals surface area contributed by atoms with Gasteiger partial charge in [-0.2, -0.15) is 0 Å². The van der Waals surface area contributed by atoms with Gasteiger partial charge in [0.2, 0.25) is 0 Å². The first-order valence-electron chi connectivity index (χ1n) is 6.82. The van der Waals surface area contributed by atoms with Crippen molar-refractivity contribution in [2.75, 3.05) is 0 Å². The Kier molecular flexibility index (Phi) is 6.55. The minimum atomic E-state index is 0.810. The van der Waals surface area contributed by atoms with Gasteiger partial charge in [-0.15, -0.1) is 0 Å². The summed E-state index contributed by atoms with van der Waals surface area (Å²) in [5.74, 6) is 5.06. The molecule has 0 aliphatic heterocycles. The molecule has 15 heavy (non-hydrogen) atoms. The molecule has 92 valence electrons. The summed E-state index contributed by atoms with van der Waals surface area (Å²) in [6.45, 7) is 19.1. The van der Waals surface area contributed by atoms with Crippen molar-refractivity contribution in [3.05, 3.63) is 0 Å². The Labute approximate surface area is 97.8 Å². The smallest absolute Gasteiger partial charge is 0.0332 e. The second kappa shape index (κ2) is 6.55. The monoisotopic (exact) mass is 212 g/mol. The highest BCUT2D eigenvalue weighted by Crippen LogP contribution is 2.37. The minimum Gasteiger partial charge on any atom is -0.0651 e. The third kappa shape index (κ3) is 4.17. The van der Waals surface area contributed by atoms with Gasteiger partial charge in [-0.1, -0.05) is 61.8 Å². The number of hydrogen-bond acceptors (Lipinski definition) is 0. The van der Waals surface area contributed by atoms with Crippen LogP contribution >= 0.6 is 0 Å². The molecule has 0 fully saturated rings. The van der Waals surface area contributed by atoms with E-state index in [9.17, 15) is 0 Å². The van der Waals surface area contributed by atoms with Crippen LogP contribution in [0, 0.1) is 35.5 Å². The average Bonchev–Trinajstić information content (AvgIpc) is 2.16. The van der Waals surface area contributed by atoms with E-state index in [4.69, 9.17) is 0 Å². The van der Waals surface area contributed by atoms with Crippen LogP contribution in [-0.4, -0.2) is 0 Å². The molecule has 0 saturated carbocycles. The van der Waals surface area contributed by atoms with Gasteiger partial charge in [0.1, 0.15) is 0 Å². The van der Waals surface area contributed by atoms with Crippen LogP contribution in [0.2, 0.25) is 0 Å². The standard InChI is InChI=1S/C15H32/c1-9-12(6)15(13(7)10(2)3)14(8)11(4)5/h10-15H,9H2,1-8H3. The van der Waals surface area contributed by atoms with Crippen LogP contribution in [0.15, 0.2) is 0 Å². The molecular weight excluding hydrogens is 180 g/mol. The van der Waals surface area contributed by atoms with Crippen molar-refractivity contribution in [3.8, 4) is 0 Å². The fourth-order valence-corrected chi connectivity index (χ4v) is 2.68. The van der Waals surface area contributed by atoms with Crippen molar-refractivity contribution >= 4 is 0 Å². The van der Waals surface area contributed by atoms with E-state index in [1.807, 2.05) is 0 Å². The van der Waals surface area contributed by atoms with Crippen LogP contribution < -0.4 is 0 Å². The van der Waals surface area contributed by atoms with Crippen LogP contribution in [0.5, 0.6) is 0 Å². The Morgan fingerprint density at radius 3 is 1.20 bits per heavy atom. The fourth-order valence-electron chi connectivity index (χ4n) is 2.68. The SMILES string of the molecule is CCC(C)C(C(C)C(C)C)C(C)C(C)C. The molecule has 0 heteroatoms. The van der Waals surface area contributed by atoms with E-state index in [0.29, 0.717) is 0 Å². The van der Waals surface area contributed by atoms with Gasteiger partial charge < -0.3 is 0 Å². The summed E-state index contributed by atoms with van der Waals surface area (Å²) >= 11 is 0. The molecule has 0 heterocycles. The normalized spacial score (nSPS) is 20.4. The highest BCUT2D eigenvalue weighted by atomic mass is 14.4. The van der Waals surface area contributed by atoms with Crippen molar-refractivity contribution in [2.24, 2.45) is 35.5 Å². The van der Waals surface area contributed by atoms with Gasteiger partial charge in [0, 0.05) is 0 Å². The second-order valence-corrected chi connectivity index (χ2v) is 6.17. The van der Waals surface area contributed by atoms with E-state index in [1.54, 1.807) is 0 Å². The van der Waals surface area contributed by atoms with E-state index in [-0.39, 0.29) is 0 Å². The summed E-state index contributed by atoms with van der Waals surface area (Å²) < 4.78 is 0. The molecule has 3 unspecified atom stereocenters. The summed E-state index contributed by atoms with van der Waals surface area (Å²) in [4.78, 5) is 0. The topological polar surface area (TPSA) is 0 Å². The molecule has 0 rings (SSSR count). The third-order valence-corrected chi connectivity index (χ3v) is 4.62. The van der Waals surface area contributed by atoms with Gasteiger partial charge >= 0.3 is 0 Å². The van der Waals surface area contributed by atoms with Crippen LogP contribution in [0.1, 0.15) is 61.8 Å². The Balaban J connectivity index is 4.72. The number of hydrogen-bond donors (Lipinski definition) is 0. The Morgan fingerprint density at radius 1 is 0.667 bits per heavy atom. The number of rotatable bonds is 6. The lowest BCUT2D eigenvalue weighted by Crippen LogP contribution is -2.31. The van der Waals surface area contributed by atoms with E-state index in [2.05, 4.69) is 55.4 Å². The van der Waals surface area contributed by atoms with E-state index in [0.717, 1.165) is 35.5 Å². The maximum absolute atomic E-state index is 2.44. The molecule has 3 atom stereocenters. The first-order chi connectivity index (χ1) is 6.82. The van der Waals surface area contributed by atoms with Gasteiger partial charge in [-0.05, 0) is 35.5 Å². The minimum absolute atomic E-state index is 0.810. The van der Waals surface area contributed by atoms with Crippen LogP contribution in [0.25, 0.3) is 0 Å². The maximum Gasteiger partial charge on any atom is -0.0332 e. The zero-order chi connectivity index (χ0) is 12.2. The fraction of sp³-hybridized carbons (Fsp3) is 1.00. The Morgan fingerprint density at radius 2 is 1.00 bits per heavy atom. The van der Waals surface area contributed by atoms with E-state index >= 15 is 0 Å². The average molecular weight is 212 g/mol. The van der Waals surface area contributed by atoms with Gasteiger partial charge in [0.15, 0.2) is 0 Å². The first kappa shape index (κ1) is 15.0. The molecule has 0 aromatic rings. The Bertz CT molecular complexity index is 143. The first-order valence-corrected chi connectivity index (χ1v) is 6.82. The summed E-state index contributed by atoms with van der Waals surface area (Å²) in [6.07, 6.45) is 1.32. The molecule has 0 saturated heterocycles. The molecule has 0 nitrogen and oxygen atoms in total. The summed E-state index contributed by atoms with van der Waals surface area (Å²) in [5.41, 5.74) is 0. The predicted octanol–water partition coefficient (Wildman–Crippen LogP) is 5.23. The van der Waals surface area contributed by atoms with Crippen LogP contribution in [0.4, 0.5) is 0 Å². The molecule has 0 N–H and O–H groups in total.